The standard InChI is InChI=1S/C30H44N2O2/c1-29(2,3)24-19-21(20-25(27(24)33)30(4,5)6)17-18-22-13-11-12-16-26(22)32-28(34)31-23-14-9-7-8-10-15-23/h11-13,16,19-20,23,33H,7-10,14-15,17-18H2,1-6H3,(H2,31,32,34). The molecule has 0 unspecified atom stereocenters. The molecule has 0 bridgehead atoms. The summed E-state index contributed by atoms with van der Waals surface area (Å²) in [5.41, 5.74) is 4.91. The number of carbonyl (C=O) groups is 1. The number of para-hydroxylation sites is 1. The van der Waals surface area contributed by atoms with Crippen LogP contribution in [0.2, 0.25) is 0 Å². The third kappa shape index (κ3) is 7.01. The van der Waals surface area contributed by atoms with Crippen LogP contribution < -0.4 is 10.6 Å². The van der Waals surface area contributed by atoms with E-state index in [0.29, 0.717) is 5.75 Å². The number of aryl methyl sites for hydroxylation is 2. The van der Waals surface area contributed by atoms with Crippen molar-refractivity contribution in [3.63, 3.8) is 0 Å². The predicted octanol–water partition coefficient (Wildman–Crippen LogP) is 7.62. The van der Waals surface area contributed by atoms with Crippen molar-refractivity contribution >= 4 is 11.7 Å². The van der Waals surface area contributed by atoms with Crippen molar-refractivity contribution in [1.82, 2.24) is 5.32 Å². The minimum atomic E-state index is -0.143. The Morgan fingerprint density at radius 2 is 1.44 bits per heavy atom. The molecule has 2 aromatic rings. The maximum Gasteiger partial charge on any atom is 0.319 e. The first kappa shape index (κ1) is 26.1. The Balaban J connectivity index is 1.75. The highest BCUT2D eigenvalue weighted by Gasteiger charge is 2.26. The molecule has 0 aliphatic heterocycles. The minimum absolute atomic E-state index is 0.103. The Kier molecular flexibility index (Phi) is 8.33. The van der Waals surface area contributed by atoms with Crippen LogP contribution in [0.5, 0.6) is 5.75 Å². The molecule has 1 fully saturated rings. The molecular formula is C30H44N2O2. The molecule has 1 saturated carbocycles. The number of nitrogens with one attached hydrogen (secondary N) is 2. The molecule has 3 N–H and O–H groups in total. The van der Waals surface area contributed by atoms with Gasteiger partial charge >= 0.3 is 6.03 Å². The molecule has 1 aliphatic rings. The Morgan fingerprint density at radius 1 is 0.882 bits per heavy atom. The van der Waals surface area contributed by atoms with Crippen LogP contribution in [0.15, 0.2) is 36.4 Å². The zero-order valence-electron chi connectivity index (χ0n) is 22.1. The molecule has 4 heteroatoms. The maximum atomic E-state index is 12.7. The van der Waals surface area contributed by atoms with Crippen molar-refractivity contribution in [2.24, 2.45) is 0 Å². The summed E-state index contributed by atoms with van der Waals surface area (Å²) >= 11 is 0. The van der Waals surface area contributed by atoms with Crippen molar-refractivity contribution in [1.29, 1.82) is 0 Å². The van der Waals surface area contributed by atoms with Gasteiger partial charge in [-0.05, 0) is 64.8 Å². The van der Waals surface area contributed by atoms with Gasteiger partial charge in [0.15, 0.2) is 0 Å². The molecule has 0 spiro atoms. The molecule has 2 aromatic carbocycles. The van der Waals surface area contributed by atoms with E-state index >= 15 is 0 Å². The van der Waals surface area contributed by atoms with E-state index in [9.17, 15) is 9.90 Å². The second-order valence-electron chi connectivity index (χ2n) is 12.0. The molecule has 1 aliphatic carbocycles. The van der Waals surface area contributed by atoms with E-state index in [-0.39, 0.29) is 22.9 Å². The third-order valence-electron chi connectivity index (χ3n) is 6.92. The lowest BCUT2D eigenvalue weighted by molar-refractivity contribution is 0.247. The predicted molar refractivity (Wildman–Crippen MR) is 143 cm³/mol. The van der Waals surface area contributed by atoms with Gasteiger partial charge in [-0.15, -0.1) is 0 Å². The van der Waals surface area contributed by atoms with Gasteiger partial charge in [-0.25, -0.2) is 4.79 Å². The summed E-state index contributed by atoms with van der Waals surface area (Å²) in [4.78, 5) is 12.7. The van der Waals surface area contributed by atoms with Gasteiger partial charge in [0.1, 0.15) is 5.75 Å². The lowest BCUT2D eigenvalue weighted by Crippen LogP contribution is -2.37. The van der Waals surface area contributed by atoms with Crippen LogP contribution in [-0.2, 0) is 23.7 Å². The number of urea groups is 1. The van der Waals surface area contributed by atoms with E-state index in [1.54, 1.807) is 0 Å². The monoisotopic (exact) mass is 464 g/mol. The van der Waals surface area contributed by atoms with Crippen molar-refractivity contribution in [2.75, 3.05) is 5.32 Å². The van der Waals surface area contributed by atoms with E-state index in [4.69, 9.17) is 0 Å². The van der Waals surface area contributed by atoms with Crippen LogP contribution in [0.3, 0.4) is 0 Å². The molecular weight excluding hydrogens is 420 g/mol. The fourth-order valence-electron chi connectivity index (χ4n) is 4.89. The molecule has 0 heterocycles. The first-order valence-corrected chi connectivity index (χ1v) is 13.0. The highest BCUT2D eigenvalue weighted by Crippen LogP contribution is 2.40. The number of hydrogen-bond acceptors (Lipinski definition) is 2. The van der Waals surface area contributed by atoms with Gasteiger partial charge in [0.05, 0.1) is 0 Å². The molecule has 3 rings (SSSR count). The molecule has 186 valence electrons. The summed E-state index contributed by atoms with van der Waals surface area (Å²) in [5, 5.41) is 17.3. The number of phenolic OH excluding ortho intramolecular Hbond substituents is 1. The van der Waals surface area contributed by atoms with Crippen molar-refractivity contribution in [3.8, 4) is 5.75 Å². The summed E-state index contributed by atoms with van der Waals surface area (Å²) in [6.07, 6.45) is 8.74. The normalized spacial score (nSPS) is 15.6. The molecule has 34 heavy (non-hydrogen) atoms. The Morgan fingerprint density at radius 3 is 2.00 bits per heavy atom. The topological polar surface area (TPSA) is 61.4 Å². The number of benzene rings is 2. The van der Waals surface area contributed by atoms with Gasteiger partial charge in [0, 0.05) is 11.7 Å². The number of carbonyl (C=O) groups excluding carboxylic acids is 1. The average Bonchev–Trinajstić information content (AvgIpc) is 3.00. The van der Waals surface area contributed by atoms with E-state index < -0.39 is 0 Å². The van der Waals surface area contributed by atoms with Gasteiger partial charge in [-0.3, -0.25) is 0 Å². The maximum absolute atomic E-state index is 12.7. The number of aromatic hydroxyl groups is 1. The number of rotatable bonds is 5. The summed E-state index contributed by atoms with van der Waals surface area (Å²) in [7, 11) is 0. The smallest absolute Gasteiger partial charge is 0.319 e. The lowest BCUT2D eigenvalue weighted by atomic mass is 9.78. The highest BCUT2D eigenvalue weighted by molar-refractivity contribution is 5.90. The van der Waals surface area contributed by atoms with Crippen molar-refractivity contribution in [3.05, 3.63) is 58.7 Å². The van der Waals surface area contributed by atoms with Crippen molar-refractivity contribution in [2.45, 2.75) is 110 Å². The molecule has 2 amide bonds. The van der Waals surface area contributed by atoms with Gasteiger partial charge in [-0.1, -0.05) is 97.6 Å². The number of hydrogen-bond donors (Lipinski definition) is 3. The fraction of sp³-hybridized carbons (Fsp3) is 0.567. The number of amides is 2. The molecule has 0 saturated heterocycles. The molecule has 0 atom stereocenters. The first-order chi connectivity index (χ1) is 15.9. The zero-order chi connectivity index (χ0) is 24.9. The quantitative estimate of drug-likeness (QED) is 0.399. The molecule has 0 aromatic heterocycles. The molecule has 4 nitrogen and oxygen atoms in total. The van der Waals surface area contributed by atoms with E-state index in [0.717, 1.165) is 48.1 Å². The third-order valence-corrected chi connectivity index (χ3v) is 6.92. The molecule has 0 radical (unpaired) electrons. The second kappa shape index (κ2) is 10.8. The van der Waals surface area contributed by atoms with Gasteiger partial charge < -0.3 is 15.7 Å². The summed E-state index contributed by atoms with van der Waals surface area (Å²) in [6, 6.07) is 12.6. The Hall–Kier alpha value is -2.49. The van der Waals surface area contributed by atoms with Crippen molar-refractivity contribution < 1.29 is 9.90 Å². The van der Waals surface area contributed by atoms with E-state index in [2.05, 4.69) is 70.4 Å². The van der Waals surface area contributed by atoms with Gasteiger partial charge in [-0.2, -0.15) is 0 Å². The van der Waals surface area contributed by atoms with Crippen LogP contribution in [0, 0.1) is 0 Å². The average molecular weight is 465 g/mol. The zero-order valence-corrected chi connectivity index (χ0v) is 22.1. The van der Waals surface area contributed by atoms with Gasteiger partial charge in [0.2, 0.25) is 0 Å². The van der Waals surface area contributed by atoms with Crippen LogP contribution in [0.1, 0.15) is 102 Å². The van der Waals surface area contributed by atoms with Crippen LogP contribution >= 0.6 is 0 Å². The SMILES string of the molecule is CC(C)(C)c1cc(CCc2ccccc2NC(=O)NC2CCCCCC2)cc(C(C)(C)C)c1O. The van der Waals surface area contributed by atoms with Crippen LogP contribution in [0.4, 0.5) is 10.5 Å². The van der Waals surface area contributed by atoms with Crippen LogP contribution in [-0.4, -0.2) is 17.2 Å². The summed E-state index contributed by atoms with van der Waals surface area (Å²) < 4.78 is 0. The largest absolute Gasteiger partial charge is 0.507 e. The van der Waals surface area contributed by atoms with E-state index in [1.165, 1.54) is 31.2 Å². The van der Waals surface area contributed by atoms with Gasteiger partial charge in [0.25, 0.3) is 0 Å². The lowest BCUT2D eigenvalue weighted by Gasteiger charge is -2.28. The number of anilines is 1. The second-order valence-corrected chi connectivity index (χ2v) is 12.0. The summed E-state index contributed by atoms with van der Waals surface area (Å²) in [6.45, 7) is 12.9. The fourth-order valence-corrected chi connectivity index (χ4v) is 4.89. The summed E-state index contributed by atoms with van der Waals surface area (Å²) in [5.74, 6) is 0.418. The van der Waals surface area contributed by atoms with Crippen LogP contribution in [0.25, 0.3) is 0 Å². The number of phenols is 1. The van der Waals surface area contributed by atoms with E-state index in [1.807, 2.05) is 18.2 Å². The Bertz CT molecular complexity index is 939. The Labute approximate surface area is 206 Å². The minimum Gasteiger partial charge on any atom is -0.507 e. The first-order valence-electron chi connectivity index (χ1n) is 13.0. The highest BCUT2D eigenvalue weighted by atomic mass is 16.3.